The molecule has 5 nitrogen and oxygen atoms in total. The van der Waals surface area contributed by atoms with E-state index in [1.54, 1.807) is 24.3 Å². The molecule has 0 radical (unpaired) electrons. The fourth-order valence-electron chi connectivity index (χ4n) is 3.12. The molecule has 1 atom stereocenters. The molecular weight excluding hydrogens is 338 g/mol. The highest BCUT2D eigenvalue weighted by molar-refractivity contribution is 6.05. The summed E-state index contributed by atoms with van der Waals surface area (Å²) in [6, 6.07) is 14.8. The maximum absolute atomic E-state index is 12.4. The van der Waals surface area contributed by atoms with Crippen LogP contribution in [0.1, 0.15) is 53.8 Å². The zero-order valence-corrected chi connectivity index (χ0v) is 16.0. The van der Waals surface area contributed by atoms with Crippen molar-refractivity contribution >= 4 is 23.2 Å². The topological polar surface area (TPSA) is 61.4 Å². The van der Waals surface area contributed by atoms with Gasteiger partial charge in [0, 0.05) is 41.6 Å². The molecule has 0 bridgehead atoms. The summed E-state index contributed by atoms with van der Waals surface area (Å²) in [6.45, 7) is 6.19. The molecule has 1 aliphatic rings. The Labute approximate surface area is 160 Å². The number of hydrogen-bond acceptors (Lipinski definition) is 3. The van der Waals surface area contributed by atoms with Crippen molar-refractivity contribution in [3.8, 4) is 0 Å². The highest BCUT2D eigenvalue weighted by Gasteiger charge is 2.13. The van der Waals surface area contributed by atoms with E-state index < -0.39 is 0 Å². The van der Waals surface area contributed by atoms with Gasteiger partial charge in [-0.3, -0.25) is 9.59 Å². The minimum absolute atomic E-state index is 0.117. The van der Waals surface area contributed by atoms with Gasteiger partial charge in [-0.2, -0.15) is 0 Å². The lowest BCUT2D eigenvalue weighted by molar-refractivity contribution is 0.0937. The Morgan fingerprint density at radius 2 is 1.48 bits per heavy atom. The van der Waals surface area contributed by atoms with Gasteiger partial charge >= 0.3 is 0 Å². The van der Waals surface area contributed by atoms with Crippen LogP contribution in [0.5, 0.6) is 0 Å². The summed E-state index contributed by atoms with van der Waals surface area (Å²) in [6.07, 6.45) is 3.36. The zero-order valence-electron chi connectivity index (χ0n) is 16.0. The molecule has 2 N–H and O–H groups in total. The molecule has 1 fully saturated rings. The normalized spacial score (nSPS) is 14.7. The van der Waals surface area contributed by atoms with E-state index in [-0.39, 0.29) is 17.9 Å². The van der Waals surface area contributed by atoms with Gasteiger partial charge in [-0.1, -0.05) is 6.92 Å². The minimum Gasteiger partial charge on any atom is -0.372 e. The molecule has 1 unspecified atom stereocenters. The average Bonchev–Trinajstić information content (AvgIpc) is 3.23. The third-order valence-electron chi connectivity index (χ3n) is 5.00. The molecule has 27 heavy (non-hydrogen) atoms. The van der Waals surface area contributed by atoms with E-state index in [1.165, 1.54) is 18.5 Å². The van der Waals surface area contributed by atoms with E-state index in [0.29, 0.717) is 11.1 Å². The quantitative estimate of drug-likeness (QED) is 0.811. The van der Waals surface area contributed by atoms with Crippen molar-refractivity contribution in [1.29, 1.82) is 0 Å². The largest absolute Gasteiger partial charge is 0.372 e. The third-order valence-corrected chi connectivity index (χ3v) is 5.00. The lowest BCUT2D eigenvalue weighted by atomic mass is 10.1. The first-order chi connectivity index (χ1) is 13.1. The van der Waals surface area contributed by atoms with Crippen LogP contribution in [0.2, 0.25) is 0 Å². The number of carbonyl (C=O) groups is 2. The number of nitrogens with one attached hydrogen (secondary N) is 2. The van der Waals surface area contributed by atoms with E-state index in [2.05, 4.69) is 15.5 Å². The summed E-state index contributed by atoms with van der Waals surface area (Å²) in [7, 11) is 0. The molecule has 0 aromatic heterocycles. The van der Waals surface area contributed by atoms with Gasteiger partial charge in [-0.05, 0) is 74.7 Å². The maximum Gasteiger partial charge on any atom is 0.255 e. The van der Waals surface area contributed by atoms with Crippen molar-refractivity contribution in [2.45, 2.75) is 39.2 Å². The van der Waals surface area contributed by atoms with Gasteiger partial charge < -0.3 is 15.5 Å². The van der Waals surface area contributed by atoms with Gasteiger partial charge in [0.15, 0.2) is 0 Å². The molecule has 1 aliphatic heterocycles. The number of nitrogens with zero attached hydrogens (tertiary/aromatic N) is 1. The molecule has 2 aromatic rings. The molecule has 3 rings (SSSR count). The van der Waals surface area contributed by atoms with E-state index in [0.717, 1.165) is 25.2 Å². The Morgan fingerprint density at radius 3 is 2.04 bits per heavy atom. The second-order valence-corrected chi connectivity index (χ2v) is 7.06. The molecule has 5 heteroatoms. The second kappa shape index (κ2) is 8.71. The van der Waals surface area contributed by atoms with E-state index in [1.807, 2.05) is 38.1 Å². The summed E-state index contributed by atoms with van der Waals surface area (Å²) in [5.74, 6) is -0.299. The maximum atomic E-state index is 12.4. The summed E-state index contributed by atoms with van der Waals surface area (Å²) in [5, 5.41) is 5.83. The van der Waals surface area contributed by atoms with E-state index >= 15 is 0 Å². The van der Waals surface area contributed by atoms with Crippen LogP contribution in [0.25, 0.3) is 0 Å². The van der Waals surface area contributed by atoms with Crippen molar-refractivity contribution < 1.29 is 9.59 Å². The first-order valence-electron chi connectivity index (χ1n) is 9.64. The number of amides is 2. The average molecular weight is 365 g/mol. The minimum atomic E-state index is -0.183. The van der Waals surface area contributed by atoms with Crippen LogP contribution < -0.4 is 15.5 Å². The molecule has 1 heterocycles. The lowest BCUT2D eigenvalue weighted by Gasteiger charge is -2.17. The van der Waals surface area contributed by atoms with Gasteiger partial charge in [0.25, 0.3) is 11.8 Å². The van der Waals surface area contributed by atoms with Crippen molar-refractivity contribution in [2.75, 3.05) is 23.3 Å². The van der Waals surface area contributed by atoms with Gasteiger partial charge in [-0.25, -0.2) is 0 Å². The lowest BCUT2D eigenvalue weighted by Crippen LogP contribution is -2.31. The summed E-state index contributed by atoms with van der Waals surface area (Å²) in [4.78, 5) is 26.9. The van der Waals surface area contributed by atoms with Crippen LogP contribution in [0.4, 0.5) is 11.4 Å². The highest BCUT2D eigenvalue weighted by Crippen LogP contribution is 2.22. The Kier molecular flexibility index (Phi) is 6.12. The number of benzene rings is 2. The number of hydrogen-bond donors (Lipinski definition) is 2. The first kappa shape index (κ1) is 19.0. The first-order valence-corrected chi connectivity index (χ1v) is 9.64. The monoisotopic (exact) mass is 365 g/mol. The number of carbonyl (C=O) groups excluding carboxylic acids is 2. The zero-order chi connectivity index (χ0) is 19.2. The Balaban J connectivity index is 1.59. The molecule has 0 saturated carbocycles. The second-order valence-electron chi connectivity index (χ2n) is 7.06. The molecule has 1 saturated heterocycles. The number of rotatable bonds is 6. The van der Waals surface area contributed by atoms with Gasteiger partial charge in [0.1, 0.15) is 0 Å². The number of anilines is 2. The predicted octanol–water partition coefficient (Wildman–Crippen LogP) is 4.07. The van der Waals surface area contributed by atoms with Gasteiger partial charge in [0.05, 0.1) is 0 Å². The molecule has 2 amide bonds. The molecule has 2 aromatic carbocycles. The summed E-state index contributed by atoms with van der Waals surface area (Å²) < 4.78 is 0. The SMILES string of the molecule is CCC(C)NC(=O)c1ccc(C(=O)Nc2ccc(N3CCCC3)cc2)cc1. The Bertz CT molecular complexity index is 778. The van der Waals surface area contributed by atoms with Crippen LogP contribution in [-0.2, 0) is 0 Å². The summed E-state index contributed by atoms with van der Waals surface area (Å²) >= 11 is 0. The smallest absolute Gasteiger partial charge is 0.255 e. The molecule has 142 valence electrons. The predicted molar refractivity (Wildman–Crippen MR) is 110 cm³/mol. The van der Waals surface area contributed by atoms with Crippen LogP contribution in [0.15, 0.2) is 48.5 Å². The fourth-order valence-corrected chi connectivity index (χ4v) is 3.12. The van der Waals surface area contributed by atoms with Crippen molar-refractivity contribution in [2.24, 2.45) is 0 Å². The van der Waals surface area contributed by atoms with Crippen LogP contribution in [0.3, 0.4) is 0 Å². The van der Waals surface area contributed by atoms with Crippen molar-refractivity contribution in [3.63, 3.8) is 0 Å². The van der Waals surface area contributed by atoms with E-state index in [4.69, 9.17) is 0 Å². The standard InChI is InChI=1S/C22H27N3O2/c1-3-16(2)23-21(26)17-6-8-18(9-7-17)22(27)24-19-10-12-20(13-11-19)25-14-4-5-15-25/h6-13,16H,3-5,14-15H2,1-2H3,(H,23,26)(H,24,27). The van der Waals surface area contributed by atoms with Gasteiger partial charge in [-0.15, -0.1) is 0 Å². The molecular formula is C22H27N3O2. The van der Waals surface area contributed by atoms with Crippen LogP contribution in [0, 0.1) is 0 Å². The van der Waals surface area contributed by atoms with Crippen molar-refractivity contribution in [3.05, 3.63) is 59.7 Å². The molecule has 0 spiro atoms. The van der Waals surface area contributed by atoms with Crippen LogP contribution >= 0.6 is 0 Å². The van der Waals surface area contributed by atoms with E-state index in [9.17, 15) is 9.59 Å². The van der Waals surface area contributed by atoms with Gasteiger partial charge in [0.2, 0.25) is 0 Å². The summed E-state index contributed by atoms with van der Waals surface area (Å²) in [5.41, 5.74) is 3.05. The molecule has 0 aliphatic carbocycles. The van der Waals surface area contributed by atoms with Crippen LogP contribution in [-0.4, -0.2) is 30.9 Å². The third kappa shape index (κ3) is 4.88. The Morgan fingerprint density at radius 1 is 0.926 bits per heavy atom. The Hall–Kier alpha value is -2.82. The fraction of sp³-hybridized carbons (Fsp3) is 0.364. The highest BCUT2D eigenvalue weighted by atomic mass is 16.2. The van der Waals surface area contributed by atoms with Crippen molar-refractivity contribution in [1.82, 2.24) is 5.32 Å².